The minimum absolute atomic E-state index is 0.106. The van der Waals surface area contributed by atoms with E-state index >= 15 is 0 Å². The van der Waals surface area contributed by atoms with E-state index in [1.807, 2.05) is 25.2 Å². The number of piperidine rings is 1. The molecule has 1 atom stereocenters. The van der Waals surface area contributed by atoms with E-state index in [-0.39, 0.29) is 11.2 Å². The van der Waals surface area contributed by atoms with E-state index in [1.54, 1.807) is 21.8 Å². The molecule has 1 aliphatic rings. The van der Waals surface area contributed by atoms with Gasteiger partial charge in [-0.05, 0) is 12.8 Å². The molecule has 1 fully saturated rings. The Hall–Kier alpha value is -2.42. The molecule has 4 rings (SSSR count). The highest BCUT2D eigenvalue weighted by Crippen LogP contribution is 2.34. The fraction of sp³-hybridized carbons (Fsp3) is 0.400. The molecule has 0 unspecified atom stereocenters. The van der Waals surface area contributed by atoms with E-state index in [1.165, 1.54) is 18.1 Å². The predicted molar refractivity (Wildman–Crippen MR) is 90.7 cm³/mol. The molecule has 4 heterocycles. The largest absolute Gasteiger partial charge is 0.309 e. The van der Waals surface area contributed by atoms with Crippen LogP contribution in [-0.4, -0.2) is 47.2 Å². The molecule has 0 aromatic carbocycles. The van der Waals surface area contributed by atoms with Crippen molar-refractivity contribution in [3.63, 3.8) is 0 Å². The Balaban J connectivity index is 1.60. The van der Waals surface area contributed by atoms with Crippen molar-refractivity contribution < 1.29 is 4.79 Å². The second-order valence-electron chi connectivity index (χ2n) is 5.80. The first-order chi connectivity index (χ1) is 11.6. The Labute approximate surface area is 142 Å². The average molecular weight is 343 g/mol. The summed E-state index contributed by atoms with van der Waals surface area (Å²) in [6.45, 7) is 0.730. The zero-order valence-electron chi connectivity index (χ0n) is 13.5. The third-order valence-electron chi connectivity index (χ3n) is 4.14. The second kappa shape index (κ2) is 5.90. The Morgan fingerprint density at radius 3 is 2.88 bits per heavy atom. The standard InChI is InChI=1S/C15H17N7OS/c1-20-8-10(6-18-20)22-5-3-4-12(15(22)23)24-14-11-7-19-21(2)13(11)16-9-17-14/h6-9,12H,3-5H2,1-2H3/t12-/m1/s1. The van der Waals surface area contributed by atoms with Crippen molar-refractivity contribution in [3.8, 4) is 0 Å². The molecule has 0 saturated carbocycles. The number of carbonyl (C=O) groups is 1. The van der Waals surface area contributed by atoms with Gasteiger partial charge in [-0.2, -0.15) is 10.2 Å². The van der Waals surface area contributed by atoms with Gasteiger partial charge in [-0.3, -0.25) is 14.2 Å². The SMILES string of the molecule is Cn1cc(N2CCC[C@@H](Sc3ncnc4c3cnn4C)C2=O)cn1. The molecule has 1 aliphatic heterocycles. The maximum atomic E-state index is 12.9. The van der Waals surface area contributed by atoms with Crippen molar-refractivity contribution in [3.05, 3.63) is 24.9 Å². The Bertz CT molecular complexity index is 902. The summed E-state index contributed by atoms with van der Waals surface area (Å²) in [5.41, 5.74) is 1.63. The molecule has 0 radical (unpaired) electrons. The first-order valence-electron chi connectivity index (χ1n) is 7.73. The maximum Gasteiger partial charge on any atom is 0.240 e. The van der Waals surface area contributed by atoms with Gasteiger partial charge in [0.05, 0.1) is 28.7 Å². The predicted octanol–water partition coefficient (Wildman–Crippen LogP) is 1.38. The van der Waals surface area contributed by atoms with Crippen molar-refractivity contribution in [2.24, 2.45) is 14.1 Å². The molecule has 0 spiro atoms. The van der Waals surface area contributed by atoms with Crippen LogP contribution in [0.2, 0.25) is 0 Å². The summed E-state index contributed by atoms with van der Waals surface area (Å²) in [5.74, 6) is 0.106. The fourth-order valence-electron chi connectivity index (χ4n) is 2.92. The highest BCUT2D eigenvalue weighted by Gasteiger charge is 2.32. The topological polar surface area (TPSA) is 81.7 Å². The molecule has 3 aromatic rings. The summed E-state index contributed by atoms with van der Waals surface area (Å²) >= 11 is 1.50. The van der Waals surface area contributed by atoms with Crippen molar-refractivity contribution in [1.29, 1.82) is 0 Å². The van der Waals surface area contributed by atoms with Gasteiger partial charge in [0.2, 0.25) is 5.91 Å². The lowest BCUT2D eigenvalue weighted by atomic mass is 10.1. The number of hydrogen-bond acceptors (Lipinski definition) is 6. The summed E-state index contributed by atoms with van der Waals surface area (Å²) in [5, 5.41) is 9.93. The molecule has 0 aliphatic carbocycles. The molecule has 1 amide bonds. The molecule has 124 valence electrons. The Kier molecular flexibility index (Phi) is 3.72. The fourth-order valence-corrected chi connectivity index (χ4v) is 4.09. The minimum atomic E-state index is -0.155. The quantitative estimate of drug-likeness (QED) is 0.668. The van der Waals surface area contributed by atoms with Crippen LogP contribution < -0.4 is 4.90 Å². The van der Waals surface area contributed by atoms with Gasteiger partial charge in [-0.25, -0.2) is 9.97 Å². The highest BCUT2D eigenvalue weighted by molar-refractivity contribution is 8.00. The zero-order valence-corrected chi connectivity index (χ0v) is 14.3. The number of fused-ring (bicyclic) bond motifs is 1. The van der Waals surface area contributed by atoms with E-state index < -0.39 is 0 Å². The first-order valence-corrected chi connectivity index (χ1v) is 8.61. The second-order valence-corrected chi connectivity index (χ2v) is 6.99. The summed E-state index contributed by atoms with van der Waals surface area (Å²) in [7, 11) is 3.70. The van der Waals surface area contributed by atoms with Gasteiger partial charge < -0.3 is 4.90 Å². The monoisotopic (exact) mass is 343 g/mol. The van der Waals surface area contributed by atoms with Crippen LogP contribution in [0.3, 0.4) is 0 Å². The molecule has 0 bridgehead atoms. The van der Waals surface area contributed by atoms with E-state index in [9.17, 15) is 4.79 Å². The number of aromatic nitrogens is 6. The molecule has 1 saturated heterocycles. The normalized spacial score (nSPS) is 18.5. The van der Waals surface area contributed by atoms with Crippen LogP contribution in [-0.2, 0) is 18.9 Å². The summed E-state index contributed by atoms with van der Waals surface area (Å²) in [6, 6.07) is 0. The average Bonchev–Trinajstić information content (AvgIpc) is 3.17. The molecule has 0 N–H and O–H groups in total. The third kappa shape index (κ3) is 2.54. The lowest BCUT2D eigenvalue weighted by Gasteiger charge is -2.30. The van der Waals surface area contributed by atoms with Gasteiger partial charge >= 0.3 is 0 Å². The molecule has 8 nitrogen and oxygen atoms in total. The van der Waals surface area contributed by atoms with Gasteiger partial charge in [-0.1, -0.05) is 11.8 Å². The summed E-state index contributed by atoms with van der Waals surface area (Å²) in [4.78, 5) is 23.3. The van der Waals surface area contributed by atoms with E-state index in [4.69, 9.17) is 0 Å². The van der Waals surface area contributed by atoms with Crippen LogP contribution in [0, 0.1) is 0 Å². The number of anilines is 1. The van der Waals surface area contributed by atoms with Crippen molar-refractivity contribution in [2.45, 2.75) is 23.1 Å². The van der Waals surface area contributed by atoms with E-state index in [0.717, 1.165) is 41.1 Å². The highest BCUT2D eigenvalue weighted by atomic mass is 32.2. The van der Waals surface area contributed by atoms with Crippen LogP contribution in [0.1, 0.15) is 12.8 Å². The number of amides is 1. The van der Waals surface area contributed by atoms with Gasteiger partial charge in [0.1, 0.15) is 11.4 Å². The van der Waals surface area contributed by atoms with Crippen LogP contribution >= 0.6 is 11.8 Å². The molecule has 24 heavy (non-hydrogen) atoms. The van der Waals surface area contributed by atoms with Crippen molar-refractivity contribution in [2.75, 3.05) is 11.4 Å². The molecule has 3 aromatic heterocycles. The van der Waals surface area contributed by atoms with Crippen LogP contribution in [0.15, 0.2) is 29.9 Å². The van der Waals surface area contributed by atoms with E-state index in [0.29, 0.717) is 0 Å². The Morgan fingerprint density at radius 2 is 2.08 bits per heavy atom. The summed E-state index contributed by atoms with van der Waals surface area (Å²) in [6.07, 6.45) is 8.68. The third-order valence-corrected chi connectivity index (χ3v) is 5.41. The van der Waals surface area contributed by atoms with E-state index in [2.05, 4.69) is 20.2 Å². The molecule has 9 heteroatoms. The lowest BCUT2D eigenvalue weighted by molar-refractivity contribution is -0.119. The number of thioether (sulfide) groups is 1. The number of carbonyl (C=O) groups excluding carboxylic acids is 1. The number of nitrogens with zero attached hydrogens (tertiary/aromatic N) is 7. The Morgan fingerprint density at radius 1 is 1.21 bits per heavy atom. The van der Waals surface area contributed by atoms with Crippen molar-refractivity contribution in [1.82, 2.24) is 29.5 Å². The number of rotatable bonds is 3. The van der Waals surface area contributed by atoms with Crippen molar-refractivity contribution >= 4 is 34.4 Å². The maximum absolute atomic E-state index is 12.9. The summed E-state index contributed by atoms with van der Waals surface area (Å²) < 4.78 is 3.43. The number of hydrogen-bond donors (Lipinski definition) is 0. The first kappa shape index (κ1) is 15.1. The van der Waals surface area contributed by atoms with Gasteiger partial charge in [0.15, 0.2) is 5.65 Å². The smallest absolute Gasteiger partial charge is 0.240 e. The lowest BCUT2D eigenvalue weighted by Crippen LogP contribution is -2.42. The van der Waals surface area contributed by atoms with Crippen LogP contribution in [0.5, 0.6) is 0 Å². The van der Waals surface area contributed by atoms with Gasteiger partial charge in [-0.15, -0.1) is 0 Å². The number of aryl methyl sites for hydroxylation is 2. The zero-order chi connectivity index (χ0) is 16.7. The molecular formula is C15H17N7OS. The molecular weight excluding hydrogens is 326 g/mol. The van der Waals surface area contributed by atoms with Crippen LogP contribution in [0.4, 0.5) is 5.69 Å². The van der Waals surface area contributed by atoms with Gasteiger partial charge in [0.25, 0.3) is 0 Å². The van der Waals surface area contributed by atoms with Gasteiger partial charge in [0, 0.05) is 26.8 Å². The minimum Gasteiger partial charge on any atom is -0.309 e. The van der Waals surface area contributed by atoms with Crippen LogP contribution in [0.25, 0.3) is 11.0 Å².